The first-order valence-electron chi connectivity index (χ1n) is 7.81. The van der Waals surface area contributed by atoms with Crippen LogP contribution in [0.1, 0.15) is 9.68 Å². The van der Waals surface area contributed by atoms with Gasteiger partial charge in [0.1, 0.15) is 6.54 Å². The molecule has 0 atom stereocenters. The molecule has 0 aliphatic carbocycles. The van der Waals surface area contributed by atoms with Crippen LogP contribution in [0.15, 0.2) is 41.2 Å². The molecule has 5 nitrogen and oxygen atoms in total. The molecular weight excluding hydrogens is 252 g/mol. The van der Waals surface area contributed by atoms with E-state index in [0.29, 0.717) is 34.7 Å². The van der Waals surface area contributed by atoms with E-state index in [4.69, 9.17) is 8.53 Å². The number of aryl methyl sites for hydroxylation is 1. The summed E-state index contributed by atoms with van der Waals surface area (Å²) in [7, 11) is 0. The maximum atomic E-state index is 7.92. The van der Waals surface area contributed by atoms with E-state index in [1.54, 1.807) is 30.7 Å². The predicted octanol–water partition coefficient (Wildman–Crippen LogP) is 2.03. The third kappa shape index (κ3) is 1.02. The van der Waals surface area contributed by atoms with Crippen LogP contribution < -0.4 is 4.57 Å². The van der Waals surface area contributed by atoms with E-state index in [1.165, 1.54) is 4.57 Å². The van der Waals surface area contributed by atoms with Gasteiger partial charge in [-0.25, -0.2) is 9.55 Å². The summed E-state index contributed by atoms with van der Waals surface area (Å²) in [6, 6.07) is 5.36. The molecule has 5 heterocycles. The fourth-order valence-corrected chi connectivity index (χ4v) is 2.94. The van der Waals surface area contributed by atoms with E-state index in [2.05, 4.69) is 9.97 Å². The van der Waals surface area contributed by atoms with Gasteiger partial charge in [-0.05, 0) is 18.2 Å². The maximum absolute atomic E-state index is 7.92. The van der Waals surface area contributed by atoms with Crippen LogP contribution in [0.4, 0.5) is 0 Å². The molecule has 0 fully saturated rings. The molecular formula is C15H11N4O+. The smallest absolute Gasteiger partial charge is 0.331 e. The summed E-state index contributed by atoms with van der Waals surface area (Å²) in [6.45, 7) is -1.78. The fraction of sp³-hybridized carbons (Fsp3) is 0.133. The van der Waals surface area contributed by atoms with Crippen LogP contribution in [0.5, 0.6) is 0 Å². The van der Waals surface area contributed by atoms with Crippen molar-refractivity contribution in [3.8, 4) is 11.5 Å². The van der Waals surface area contributed by atoms with Gasteiger partial charge in [-0.2, -0.15) is 4.57 Å². The molecule has 1 aliphatic rings. The molecule has 0 unspecified atom stereocenters. The van der Waals surface area contributed by atoms with Crippen LogP contribution >= 0.6 is 0 Å². The molecule has 0 spiro atoms. The van der Waals surface area contributed by atoms with Crippen molar-refractivity contribution in [1.29, 1.82) is 0 Å². The van der Waals surface area contributed by atoms with Gasteiger partial charge in [0, 0.05) is 24.2 Å². The first-order valence-corrected chi connectivity index (χ1v) is 6.31. The summed E-state index contributed by atoms with van der Waals surface area (Å²) < 4.78 is 33.0. The summed E-state index contributed by atoms with van der Waals surface area (Å²) in [5.74, 6) is 0.651. The van der Waals surface area contributed by atoms with Crippen molar-refractivity contribution in [3.05, 3.63) is 42.4 Å². The van der Waals surface area contributed by atoms with Crippen LogP contribution in [0.2, 0.25) is 0 Å². The highest BCUT2D eigenvalue weighted by atomic mass is 16.4. The Morgan fingerprint density at radius 1 is 1.40 bits per heavy atom. The van der Waals surface area contributed by atoms with Crippen molar-refractivity contribution in [1.82, 2.24) is 14.5 Å². The minimum absolute atomic E-state index is 0.509. The Morgan fingerprint density at radius 2 is 2.40 bits per heavy atom. The van der Waals surface area contributed by atoms with Crippen molar-refractivity contribution in [2.75, 3.05) is 0 Å². The van der Waals surface area contributed by atoms with Crippen LogP contribution in [-0.4, -0.2) is 14.5 Å². The van der Waals surface area contributed by atoms with E-state index < -0.39 is 6.98 Å². The van der Waals surface area contributed by atoms with Crippen molar-refractivity contribution in [2.24, 2.45) is 6.98 Å². The molecule has 4 aromatic heterocycles. The van der Waals surface area contributed by atoms with E-state index in [9.17, 15) is 0 Å². The highest BCUT2D eigenvalue weighted by Gasteiger charge is 2.34. The summed E-state index contributed by atoms with van der Waals surface area (Å²) in [6.07, 6.45) is 5.13. The van der Waals surface area contributed by atoms with Gasteiger partial charge in [-0.3, -0.25) is 4.98 Å². The van der Waals surface area contributed by atoms with Gasteiger partial charge in [0.15, 0.2) is 11.0 Å². The Hall–Kier alpha value is -2.69. The number of nitrogens with zero attached hydrogens (tertiary/aromatic N) is 4. The number of oxazole rings is 1. The molecule has 5 heteroatoms. The maximum Gasteiger partial charge on any atom is 0.331 e. The van der Waals surface area contributed by atoms with Crippen LogP contribution in [0.25, 0.3) is 33.7 Å². The zero-order chi connectivity index (χ0) is 15.8. The number of hydrogen-bond acceptors (Lipinski definition) is 3. The summed E-state index contributed by atoms with van der Waals surface area (Å²) >= 11 is 0. The van der Waals surface area contributed by atoms with Crippen LogP contribution in [-0.2, 0) is 13.5 Å². The van der Waals surface area contributed by atoms with E-state index >= 15 is 0 Å². The van der Waals surface area contributed by atoms with Gasteiger partial charge < -0.3 is 4.42 Å². The molecule has 0 amide bonds. The molecule has 0 saturated carbocycles. The first kappa shape index (κ1) is 7.79. The molecule has 20 heavy (non-hydrogen) atoms. The zero-order valence-corrected chi connectivity index (χ0v) is 10.4. The Balaban J connectivity index is 1.97. The minimum atomic E-state index is -2.32. The molecule has 0 saturated heterocycles. The van der Waals surface area contributed by atoms with Gasteiger partial charge in [-0.15, -0.1) is 0 Å². The molecule has 1 aliphatic heterocycles. The third-order valence-electron chi connectivity index (χ3n) is 3.82. The second kappa shape index (κ2) is 3.25. The van der Waals surface area contributed by atoms with Crippen molar-refractivity contribution in [3.63, 3.8) is 0 Å². The summed E-state index contributed by atoms with van der Waals surface area (Å²) in [5, 5.41) is 0. The molecule has 5 rings (SSSR count). The lowest BCUT2D eigenvalue weighted by Gasteiger charge is -1.91. The van der Waals surface area contributed by atoms with Gasteiger partial charge in [0.05, 0.1) is 16.7 Å². The van der Waals surface area contributed by atoms with Crippen molar-refractivity contribution < 1.29 is 13.1 Å². The molecule has 0 N–H and O–H groups in total. The highest BCUT2D eigenvalue weighted by molar-refractivity contribution is 5.99. The topological polar surface area (TPSA) is 47.7 Å². The second-order valence-corrected chi connectivity index (χ2v) is 4.89. The van der Waals surface area contributed by atoms with Crippen LogP contribution in [0, 0.1) is 0 Å². The Bertz CT molecular complexity index is 1090. The molecule has 0 bridgehead atoms. The third-order valence-corrected chi connectivity index (χ3v) is 3.82. The Kier molecular flexibility index (Phi) is 1.27. The number of aromatic nitrogens is 4. The average molecular weight is 266 g/mol. The van der Waals surface area contributed by atoms with E-state index in [0.717, 1.165) is 11.1 Å². The zero-order valence-electron chi connectivity index (χ0n) is 13.4. The number of pyridine rings is 2. The lowest BCUT2D eigenvalue weighted by molar-refractivity contribution is -0.652. The quantitative estimate of drug-likeness (QED) is 0.403. The standard InChI is InChI=1S/C15H11N4O/c1-18-11-3-2-5-17-12(11)13-14(18)19-8-9-7-16-6-4-10(9)15(19)20-13/h2-7H,8H2,1H3/q+1/i1D3. The van der Waals surface area contributed by atoms with Gasteiger partial charge in [-0.1, -0.05) is 0 Å². The lowest BCUT2D eigenvalue weighted by Crippen LogP contribution is -2.32. The second-order valence-electron chi connectivity index (χ2n) is 4.89. The Labute approximate surface area is 118 Å². The minimum Gasteiger partial charge on any atom is -0.411 e. The monoisotopic (exact) mass is 266 g/mol. The van der Waals surface area contributed by atoms with Crippen LogP contribution in [0.3, 0.4) is 0 Å². The molecule has 4 aromatic rings. The number of fused-ring (bicyclic) bond motifs is 7. The van der Waals surface area contributed by atoms with Crippen molar-refractivity contribution >= 4 is 22.3 Å². The first-order chi connectivity index (χ1) is 11.1. The average Bonchev–Trinajstić information content (AvgIpc) is 3.13. The van der Waals surface area contributed by atoms with Crippen molar-refractivity contribution in [2.45, 2.75) is 6.54 Å². The number of rotatable bonds is 0. The molecule has 0 radical (unpaired) electrons. The summed E-state index contributed by atoms with van der Waals surface area (Å²) in [4.78, 5) is 8.45. The summed E-state index contributed by atoms with van der Waals surface area (Å²) in [5.41, 5.74) is 4.11. The normalized spacial score (nSPS) is 15.9. The Morgan fingerprint density at radius 3 is 3.35 bits per heavy atom. The van der Waals surface area contributed by atoms with E-state index in [1.807, 2.05) is 10.6 Å². The van der Waals surface area contributed by atoms with Gasteiger partial charge in [0.2, 0.25) is 0 Å². The molecule has 96 valence electrons. The number of hydrogen-bond donors (Lipinski definition) is 0. The fourth-order valence-electron chi connectivity index (χ4n) is 2.94. The van der Waals surface area contributed by atoms with E-state index in [-0.39, 0.29) is 0 Å². The predicted molar refractivity (Wildman–Crippen MR) is 73.0 cm³/mol. The largest absolute Gasteiger partial charge is 0.411 e. The molecule has 0 aromatic carbocycles. The highest BCUT2D eigenvalue weighted by Crippen LogP contribution is 2.34. The lowest BCUT2D eigenvalue weighted by atomic mass is 10.2. The van der Waals surface area contributed by atoms with Gasteiger partial charge >= 0.3 is 5.65 Å². The van der Waals surface area contributed by atoms with Gasteiger partial charge in [0.25, 0.3) is 11.5 Å². The SMILES string of the molecule is [2H]C([2H])([2H])n1c2cccnc2c2oc3[n+](c21)Cc1cnccc1-3.